The Kier molecular flexibility index (Phi) is 2.11. The van der Waals surface area contributed by atoms with E-state index in [0.717, 1.165) is 0 Å². The number of nitrogens with zero attached hydrogens (tertiary/aromatic N) is 1. The molecule has 0 fully saturated rings. The van der Waals surface area contributed by atoms with E-state index in [4.69, 9.17) is 10.5 Å². The summed E-state index contributed by atoms with van der Waals surface area (Å²) in [4.78, 5) is 10.4. The Labute approximate surface area is 64.8 Å². The van der Waals surface area contributed by atoms with E-state index in [1.165, 1.54) is 19.2 Å². The van der Waals surface area contributed by atoms with E-state index in [9.17, 15) is 4.79 Å². The molecule has 11 heavy (non-hydrogen) atoms. The molecule has 3 heteroatoms. The van der Waals surface area contributed by atoms with Crippen LogP contribution in [-0.4, -0.2) is 13.0 Å². The van der Waals surface area contributed by atoms with E-state index in [2.05, 4.69) is 0 Å². The maximum atomic E-state index is 10.4. The largest absolute Gasteiger partial charge is 0.497 e. The minimum Gasteiger partial charge on any atom is -0.497 e. The minimum absolute atomic E-state index is 0.269. The average molecular weight is 149 g/mol. The van der Waals surface area contributed by atoms with Crippen LogP contribution in [0.5, 0.6) is 5.75 Å². The Morgan fingerprint density at radius 2 is 1.91 bits per heavy atom. The summed E-state index contributed by atoms with van der Waals surface area (Å²) in [7, 11) is 1.54. The normalized spacial score (nSPS) is 9.18. The van der Waals surface area contributed by atoms with Crippen LogP contribution in [0.2, 0.25) is 0 Å². The number of carbonyl (C=O) groups excluding carboxylic acids is 1. The molecule has 0 saturated carbocycles. The van der Waals surface area contributed by atoms with Crippen LogP contribution in [-0.2, 0) is 0 Å². The van der Waals surface area contributed by atoms with Gasteiger partial charge in [0.15, 0.2) is 0 Å². The Bertz CT molecular complexity index is 253. The lowest BCUT2D eigenvalue weighted by Crippen LogP contribution is -1.97. The summed E-state index contributed by atoms with van der Waals surface area (Å²) in [6.45, 7) is 0. The second-order valence-corrected chi connectivity index (χ2v) is 2.03. The van der Waals surface area contributed by atoms with Gasteiger partial charge in [-0.3, -0.25) is 4.79 Å². The fraction of sp³-hybridized carbons (Fsp3) is 0.125. The monoisotopic (exact) mass is 149 g/mol. The van der Waals surface area contributed by atoms with E-state index in [1.807, 2.05) is 0 Å². The molecule has 0 atom stereocenters. The van der Waals surface area contributed by atoms with Crippen molar-refractivity contribution in [3.05, 3.63) is 29.8 Å². The predicted molar refractivity (Wildman–Crippen MR) is 39.5 cm³/mol. The van der Waals surface area contributed by atoms with Gasteiger partial charge in [-0.05, 0) is 24.3 Å². The van der Waals surface area contributed by atoms with Crippen LogP contribution in [0.25, 0.3) is 0 Å². The third-order valence-corrected chi connectivity index (χ3v) is 1.34. The molecule has 1 amide bonds. The van der Waals surface area contributed by atoms with E-state index in [1.54, 1.807) is 12.1 Å². The molecule has 0 saturated heterocycles. The molecule has 56 valence electrons. The average Bonchev–Trinajstić information content (AvgIpc) is 2.05. The predicted octanol–water partition coefficient (Wildman–Crippen LogP) is 0.904. The summed E-state index contributed by atoms with van der Waals surface area (Å²) in [6, 6.07) is 6.23. The fourth-order valence-electron chi connectivity index (χ4n) is 0.734. The molecular weight excluding hydrogens is 142 g/mol. The van der Waals surface area contributed by atoms with Crippen LogP contribution in [0.15, 0.2) is 24.3 Å². The van der Waals surface area contributed by atoms with E-state index >= 15 is 0 Å². The highest BCUT2D eigenvalue weighted by molar-refractivity contribution is 5.92. The van der Waals surface area contributed by atoms with Gasteiger partial charge in [0.05, 0.1) is 7.11 Å². The maximum Gasteiger partial charge on any atom is 0.295 e. The van der Waals surface area contributed by atoms with Crippen molar-refractivity contribution in [2.75, 3.05) is 7.11 Å². The molecule has 1 aromatic carbocycles. The summed E-state index contributed by atoms with van der Waals surface area (Å²) in [5.41, 5.74) is 8.78. The highest BCUT2D eigenvalue weighted by atomic mass is 16.5. The molecule has 1 rings (SSSR count). The van der Waals surface area contributed by atoms with Gasteiger partial charge in [0.2, 0.25) is 0 Å². The zero-order chi connectivity index (χ0) is 8.27. The molecule has 0 aliphatic rings. The number of hydrogen-bond acceptors (Lipinski definition) is 2. The third-order valence-electron chi connectivity index (χ3n) is 1.34. The van der Waals surface area contributed by atoms with Crippen molar-refractivity contribution in [2.45, 2.75) is 0 Å². The first-order valence-electron chi connectivity index (χ1n) is 3.11. The Hall–Kier alpha value is -1.51. The second kappa shape index (κ2) is 3.05. The molecular formula is C8H7NO2. The van der Waals surface area contributed by atoms with Gasteiger partial charge >= 0.3 is 0 Å². The fourth-order valence-corrected chi connectivity index (χ4v) is 0.734. The van der Waals surface area contributed by atoms with Crippen LogP contribution in [0, 0.1) is 0 Å². The third kappa shape index (κ3) is 1.70. The molecule has 0 aliphatic heterocycles. The lowest BCUT2D eigenvalue weighted by molar-refractivity contribution is 0.0992. The van der Waals surface area contributed by atoms with Crippen LogP contribution in [0.1, 0.15) is 10.4 Å². The molecule has 0 aliphatic carbocycles. The molecule has 0 aromatic heterocycles. The van der Waals surface area contributed by atoms with Crippen LogP contribution in [0.4, 0.5) is 0 Å². The van der Waals surface area contributed by atoms with Gasteiger partial charge in [-0.25, -0.2) is 0 Å². The first-order chi connectivity index (χ1) is 5.24. The number of ether oxygens (including phenoxy) is 1. The van der Waals surface area contributed by atoms with Crippen molar-refractivity contribution in [3.63, 3.8) is 0 Å². The molecule has 0 spiro atoms. The Morgan fingerprint density at radius 1 is 1.36 bits per heavy atom. The number of hydrogen-bond donors (Lipinski definition) is 0. The minimum atomic E-state index is -0.923. The van der Waals surface area contributed by atoms with Crippen LogP contribution >= 0.6 is 0 Å². The standard InChI is InChI=1S/C8H7NO2/c1-11-7-4-2-6(3-5-7)8(9)10/h2-5H,1H3. The van der Waals surface area contributed by atoms with Gasteiger partial charge in [-0.2, -0.15) is 0 Å². The zero-order valence-corrected chi connectivity index (χ0v) is 6.07. The van der Waals surface area contributed by atoms with Crippen molar-refractivity contribution in [1.82, 2.24) is 5.73 Å². The van der Waals surface area contributed by atoms with E-state index in [0.29, 0.717) is 5.75 Å². The molecule has 0 unspecified atom stereocenters. The molecule has 0 N–H and O–H groups in total. The number of carbonyl (C=O) groups is 1. The molecule has 0 heterocycles. The molecule has 2 radical (unpaired) electrons. The van der Waals surface area contributed by atoms with Gasteiger partial charge in [0, 0.05) is 5.56 Å². The number of rotatable bonds is 2. The second-order valence-electron chi connectivity index (χ2n) is 2.03. The quantitative estimate of drug-likeness (QED) is 0.627. The lowest BCUT2D eigenvalue weighted by Gasteiger charge is -1.97. The van der Waals surface area contributed by atoms with E-state index in [-0.39, 0.29) is 5.56 Å². The highest BCUT2D eigenvalue weighted by Crippen LogP contribution is 2.10. The lowest BCUT2D eigenvalue weighted by atomic mass is 10.2. The van der Waals surface area contributed by atoms with Crippen molar-refractivity contribution in [2.24, 2.45) is 0 Å². The summed E-state index contributed by atoms with van der Waals surface area (Å²) in [5, 5.41) is 0. The molecule has 3 nitrogen and oxygen atoms in total. The van der Waals surface area contributed by atoms with Crippen LogP contribution < -0.4 is 10.5 Å². The number of benzene rings is 1. The number of amides is 1. The summed E-state index contributed by atoms with van der Waals surface area (Å²) in [5.74, 6) is -0.261. The first kappa shape index (κ1) is 7.60. The summed E-state index contributed by atoms with van der Waals surface area (Å²) >= 11 is 0. The smallest absolute Gasteiger partial charge is 0.295 e. The zero-order valence-electron chi connectivity index (χ0n) is 6.07. The molecule has 1 aromatic rings. The van der Waals surface area contributed by atoms with Crippen LogP contribution in [0.3, 0.4) is 0 Å². The van der Waals surface area contributed by atoms with Gasteiger partial charge in [-0.1, -0.05) is 0 Å². The topological polar surface area (TPSA) is 48.6 Å². The first-order valence-corrected chi connectivity index (χ1v) is 3.11. The van der Waals surface area contributed by atoms with Crippen molar-refractivity contribution < 1.29 is 9.53 Å². The van der Waals surface area contributed by atoms with Crippen molar-refractivity contribution >= 4 is 5.91 Å². The van der Waals surface area contributed by atoms with Crippen molar-refractivity contribution in [1.29, 1.82) is 0 Å². The summed E-state index contributed by atoms with van der Waals surface area (Å²) < 4.78 is 4.86. The van der Waals surface area contributed by atoms with Gasteiger partial charge in [-0.15, -0.1) is 5.73 Å². The maximum absolute atomic E-state index is 10.4. The van der Waals surface area contributed by atoms with Crippen molar-refractivity contribution in [3.8, 4) is 5.75 Å². The van der Waals surface area contributed by atoms with E-state index < -0.39 is 5.91 Å². The van der Waals surface area contributed by atoms with Gasteiger partial charge in [0.25, 0.3) is 5.91 Å². The SMILES string of the molecule is COc1ccc(C([N])=O)cc1. The summed E-state index contributed by atoms with van der Waals surface area (Å²) in [6.07, 6.45) is 0. The molecule has 0 bridgehead atoms. The Balaban J connectivity index is 2.91. The Morgan fingerprint density at radius 3 is 2.27 bits per heavy atom. The van der Waals surface area contributed by atoms with Gasteiger partial charge < -0.3 is 4.74 Å². The highest BCUT2D eigenvalue weighted by Gasteiger charge is 2.00. The number of methoxy groups -OCH3 is 1. The van der Waals surface area contributed by atoms with Gasteiger partial charge in [0.1, 0.15) is 5.75 Å².